The van der Waals surface area contributed by atoms with Gasteiger partial charge in [0.2, 0.25) is 5.91 Å². The SMILES string of the molecule is COCCCNC(=O)[C@H]1CCCN(C2CCN(Cc3cccnc3)CC2)C1. The van der Waals surface area contributed by atoms with Crippen LogP contribution in [0.1, 0.15) is 37.7 Å². The Balaban J connectivity index is 1.40. The van der Waals surface area contributed by atoms with Gasteiger partial charge in [-0.3, -0.25) is 19.6 Å². The first-order valence-corrected chi connectivity index (χ1v) is 10.4. The van der Waals surface area contributed by atoms with Crippen LogP contribution in [0.2, 0.25) is 0 Å². The van der Waals surface area contributed by atoms with Crippen molar-refractivity contribution >= 4 is 5.91 Å². The van der Waals surface area contributed by atoms with E-state index in [0.29, 0.717) is 12.6 Å². The van der Waals surface area contributed by atoms with E-state index < -0.39 is 0 Å². The molecule has 2 fully saturated rings. The number of nitrogens with zero attached hydrogens (tertiary/aromatic N) is 3. The van der Waals surface area contributed by atoms with E-state index in [4.69, 9.17) is 4.74 Å². The van der Waals surface area contributed by atoms with Gasteiger partial charge in [-0.15, -0.1) is 0 Å². The molecule has 1 N–H and O–H groups in total. The Labute approximate surface area is 163 Å². The molecule has 0 radical (unpaired) electrons. The molecule has 1 amide bonds. The Morgan fingerprint density at radius 1 is 1.30 bits per heavy atom. The summed E-state index contributed by atoms with van der Waals surface area (Å²) in [6, 6.07) is 4.79. The van der Waals surface area contributed by atoms with Crippen molar-refractivity contribution in [2.45, 2.75) is 44.7 Å². The van der Waals surface area contributed by atoms with Gasteiger partial charge in [-0.1, -0.05) is 6.07 Å². The van der Waals surface area contributed by atoms with Crippen LogP contribution in [0.25, 0.3) is 0 Å². The molecule has 0 unspecified atom stereocenters. The van der Waals surface area contributed by atoms with Gasteiger partial charge < -0.3 is 10.1 Å². The van der Waals surface area contributed by atoms with Gasteiger partial charge in [0.05, 0.1) is 5.92 Å². The fourth-order valence-electron chi connectivity index (χ4n) is 4.32. The van der Waals surface area contributed by atoms with Crippen molar-refractivity contribution in [3.8, 4) is 0 Å². The van der Waals surface area contributed by atoms with Gasteiger partial charge in [-0.2, -0.15) is 0 Å². The molecule has 0 saturated carbocycles. The van der Waals surface area contributed by atoms with E-state index in [9.17, 15) is 4.79 Å². The van der Waals surface area contributed by atoms with Crippen molar-refractivity contribution in [2.24, 2.45) is 5.92 Å². The molecular weight excluding hydrogens is 340 g/mol. The van der Waals surface area contributed by atoms with Crippen molar-refractivity contribution in [1.29, 1.82) is 0 Å². The Hall–Kier alpha value is -1.50. The molecule has 0 aromatic carbocycles. The average molecular weight is 375 g/mol. The molecule has 0 aliphatic carbocycles. The third-order valence-corrected chi connectivity index (χ3v) is 5.85. The number of pyridine rings is 1. The van der Waals surface area contributed by atoms with E-state index in [-0.39, 0.29) is 11.8 Å². The van der Waals surface area contributed by atoms with Crippen LogP contribution in [-0.2, 0) is 16.1 Å². The van der Waals surface area contributed by atoms with E-state index in [1.807, 2.05) is 18.5 Å². The maximum absolute atomic E-state index is 12.5. The predicted octanol–water partition coefficient (Wildman–Crippen LogP) is 1.91. The van der Waals surface area contributed by atoms with Crippen LogP contribution in [0.5, 0.6) is 0 Å². The fraction of sp³-hybridized carbons (Fsp3) is 0.714. The second-order valence-electron chi connectivity index (χ2n) is 7.84. The molecular formula is C21H34N4O2. The number of nitrogens with one attached hydrogen (secondary N) is 1. The van der Waals surface area contributed by atoms with Gasteiger partial charge in [0.25, 0.3) is 0 Å². The molecule has 0 spiro atoms. The maximum atomic E-state index is 12.5. The standard InChI is InChI=1S/C21H34N4O2/c1-27-14-4-10-23-21(26)19-6-3-11-25(17-19)20-7-12-24(13-8-20)16-18-5-2-9-22-15-18/h2,5,9,15,19-20H,3-4,6-8,10-14,16-17H2,1H3,(H,23,26)/t19-/m0/s1. The zero-order valence-corrected chi connectivity index (χ0v) is 16.6. The van der Waals surface area contributed by atoms with Gasteiger partial charge in [0.15, 0.2) is 0 Å². The van der Waals surface area contributed by atoms with Gasteiger partial charge in [-0.25, -0.2) is 0 Å². The molecule has 1 aromatic rings. The molecule has 27 heavy (non-hydrogen) atoms. The van der Waals surface area contributed by atoms with E-state index >= 15 is 0 Å². The van der Waals surface area contributed by atoms with E-state index in [2.05, 4.69) is 26.2 Å². The largest absolute Gasteiger partial charge is 0.385 e. The zero-order valence-electron chi connectivity index (χ0n) is 16.6. The van der Waals surface area contributed by atoms with Crippen LogP contribution in [-0.4, -0.2) is 73.2 Å². The molecule has 150 valence electrons. The highest BCUT2D eigenvalue weighted by Crippen LogP contribution is 2.24. The minimum absolute atomic E-state index is 0.148. The maximum Gasteiger partial charge on any atom is 0.224 e. The molecule has 2 saturated heterocycles. The van der Waals surface area contributed by atoms with Crippen LogP contribution in [0.4, 0.5) is 0 Å². The first-order chi connectivity index (χ1) is 13.3. The smallest absolute Gasteiger partial charge is 0.224 e. The first kappa shape index (κ1) is 20.2. The van der Waals surface area contributed by atoms with E-state index in [1.165, 1.54) is 18.4 Å². The molecule has 3 rings (SSSR count). The van der Waals surface area contributed by atoms with Crippen molar-refractivity contribution in [2.75, 3.05) is 46.4 Å². The van der Waals surface area contributed by atoms with Crippen molar-refractivity contribution in [3.05, 3.63) is 30.1 Å². The number of carbonyl (C=O) groups excluding carboxylic acids is 1. The number of piperidine rings is 2. The summed E-state index contributed by atoms with van der Waals surface area (Å²) < 4.78 is 5.04. The molecule has 1 aromatic heterocycles. The summed E-state index contributed by atoms with van der Waals surface area (Å²) in [6.07, 6.45) is 9.22. The van der Waals surface area contributed by atoms with E-state index in [0.717, 1.165) is 58.5 Å². The number of amides is 1. The normalized spacial score (nSPS) is 22.6. The second-order valence-corrected chi connectivity index (χ2v) is 7.84. The number of methoxy groups -OCH3 is 1. The van der Waals surface area contributed by atoms with Crippen molar-refractivity contribution < 1.29 is 9.53 Å². The molecule has 0 bridgehead atoms. The summed E-state index contributed by atoms with van der Waals surface area (Å²) in [5.41, 5.74) is 1.29. The third-order valence-electron chi connectivity index (χ3n) is 5.85. The highest BCUT2D eigenvalue weighted by molar-refractivity contribution is 5.78. The number of rotatable bonds is 8. The van der Waals surface area contributed by atoms with Crippen LogP contribution < -0.4 is 5.32 Å². The molecule has 6 nitrogen and oxygen atoms in total. The first-order valence-electron chi connectivity index (χ1n) is 10.4. The predicted molar refractivity (Wildman–Crippen MR) is 106 cm³/mol. The fourth-order valence-corrected chi connectivity index (χ4v) is 4.32. The lowest BCUT2D eigenvalue weighted by Crippen LogP contribution is -2.50. The van der Waals surface area contributed by atoms with Gasteiger partial charge in [-0.05, 0) is 63.4 Å². The van der Waals surface area contributed by atoms with Gasteiger partial charge in [0.1, 0.15) is 0 Å². The van der Waals surface area contributed by atoms with Crippen LogP contribution in [0.3, 0.4) is 0 Å². The number of likely N-dealkylation sites (tertiary alicyclic amines) is 2. The lowest BCUT2D eigenvalue weighted by molar-refractivity contribution is -0.127. The molecule has 1 atom stereocenters. The van der Waals surface area contributed by atoms with Crippen LogP contribution in [0, 0.1) is 5.92 Å². The lowest BCUT2D eigenvalue weighted by Gasteiger charge is -2.42. The lowest BCUT2D eigenvalue weighted by atomic mass is 9.93. The summed E-state index contributed by atoms with van der Waals surface area (Å²) in [6.45, 7) is 6.73. The van der Waals surface area contributed by atoms with Crippen LogP contribution in [0.15, 0.2) is 24.5 Å². The highest BCUT2D eigenvalue weighted by Gasteiger charge is 2.31. The topological polar surface area (TPSA) is 57.7 Å². The molecule has 2 aliphatic heterocycles. The number of carbonyl (C=O) groups is 1. The summed E-state index contributed by atoms with van der Waals surface area (Å²) in [5.74, 6) is 0.375. The Bertz CT molecular complexity index is 561. The summed E-state index contributed by atoms with van der Waals surface area (Å²) in [4.78, 5) is 21.8. The Morgan fingerprint density at radius 2 is 2.15 bits per heavy atom. The van der Waals surface area contributed by atoms with Gasteiger partial charge in [0, 0.05) is 51.8 Å². The summed E-state index contributed by atoms with van der Waals surface area (Å²) in [5, 5.41) is 3.09. The number of aromatic nitrogens is 1. The zero-order chi connectivity index (χ0) is 18.9. The van der Waals surface area contributed by atoms with Crippen LogP contribution >= 0.6 is 0 Å². The van der Waals surface area contributed by atoms with Crippen molar-refractivity contribution in [3.63, 3.8) is 0 Å². The average Bonchev–Trinajstić information content (AvgIpc) is 2.72. The molecule has 6 heteroatoms. The van der Waals surface area contributed by atoms with Gasteiger partial charge >= 0.3 is 0 Å². The highest BCUT2D eigenvalue weighted by atomic mass is 16.5. The summed E-state index contributed by atoms with van der Waals surface area (Å²) in [7, 11) is 1.70. The molecule has 3 heterocycles. The number of hydrogen-bond acceptors (Lipinski definition) is 5. The minimum Gasteiger partial charge on any atom is -0.385 e. The third kappa shape index (κ3) is 6.26. The minimum atomic E-state index is 0.148. The Morgan fingerprint density at radius 3 is 2.89 bits per heavy atom. The van der Waals surface area contributed by atoms with E-state index in [1.54, 1.807) is 7.11 Å². The Kier molecular flexibility index (Phi) is 8.05. The number of ether oxygens (including phenoxy) is 1. The molecule has 2 aliphatic rings. The monoisotopic (exact) mass is 374 g/mol. The summed E-state index contributed by atoms with van der Waals surface area (Å²) >= 11 is 0. The number of hydrogen-bond donors (Lipinski definition) is 1. The quantitative estimate of drug-likeness (QED) is 0.705. The second kappa shape index (κ2) is 10.7. The van der Waals surface area contributed by atoms with Crippen molar-refractivity contribution in [1.82, 2.24) is 20.1 Å².